The molecule has 2 unspecified atom stereocenters. The maximum absolute atomic E-state index is 6.19. The molecule has 0 amide bonds. The highest BCUT2D eigenvalue weighted by molar-refractivity contribution is 5.15. The maximum atomic E-state index is 6.19. The lowest BCUT2D eigenvalue weighted by Gasteiger charge is -2.36. The average Bonchev–Trinajstić information content (AvgIpc) is 3.13. The summed E-state index contributed by atoms with van der Waals surface area (Å²) in [5.41, 5.74) is 7.65. The Bertz CT molecular complexity index is 358. The fourth-order valence-corrected chi connectivity index (χ4v) is 3.12. The van der Waals surface area contributed by atoms with Gasteiger partial charge in [0.2, 0.25) is 0 Å². The molecule has 1 saturated heterocycles. The Labute approximate surface area is 104 Å². The molecular weight excluding hydrogens is 208 g/mol. The molecule has 2 nitrogen and oxygen atoms in total. The summed E-state index contributed by atoms with van der Waals surface area (Å²) in [4.78, 5) is 2.63. The Kier molecular flexibility index (Phi) is 3.17. The van der Waals surface area contributed by atoms with E-state index in [9.17, 15) is 0 Å². The average molecular weight is 230 g/mol. The molecule has 0 radical (unpaired) electrons. The molecular formula is C15H22N2. The zero-order valence-electron chi connectivity index (χ0n) is 10.4. The molecule has 1 aliphatic heterocycles. The number of hydrogen-bond acceptors (Lipinski definition) is 2. The van der Waals surface area contributed by atoms with Crippen LogP contribution in [0, 0.1) is 5.92 Å². The van der Waals surface area contributed by atoms with Crippen molar-refractivity contribution in [1.29, 1.82) is 0 Å². The van der Waals surface area contributed by atoms with Gasteiger partial charge in [0.15, 0.2) is 0 Å². The third-order valence-electron chi connectivity index (χ3n) is 4.03. The van der Waals surface area contributed by atoms with Crippen molar-refractivity contribution in [1.82, 2.24) is 4.90 Å². The Balaban J connectivity index is 1.62. The first-order valence-electron chi connectivity index (χ1n) is 6.85. The van der Waals surface area contributed by atoms with Gasteiger partial charge in [0.25, 0.3) is 0 Å². The third-order valence-corrected chi connectivity index (χ3v) is 4.03. The van der Waals surface area contributed by atoms with Crippen LogP contribution in [0.1, 0.15) is 24.8 Å². The number of piperidine rings is 1. The molecule has 0 aromatic heterocycles. The van der Waals surface area contributed by atoms with E-state index in [1.807, 2.05) is 0 Å². The van der Waals surface area contributed by atoms with Crippen molar-refractivity contribution in [3.05, 3.63) is 35.9 Å². The Hall–Kier alpha value is -0.860. The fourth-order valence-electron chi connectivity index (χ4n) is 3.12. The molecule has 2 fully saturated rings. The number of likely N-dealkylation sites (tertiary alicyclic amines) is 1. The lowest BCUT2D eigenvalue weighted by atomic mass is 9.89. The summed E-state index contributed by atoms with van der Waals surface area (Å²) >= 11 is 0. The van der Waals surface area contributed by atoms with E-state index in [1.165, 1.54) is 37.8 Å². The van der Waals surface area contributed by atoms with Gasteiger partial charge in [-0.1, -0.05) is 30.3 Å². The van der Waals surface area contributed by atoms with Gasteiger partial charge >= 0.3 is 0 Å². The van der Waals surface area contributed by atoms with Crippen LogP contribution in [-0.2, 0) is 6.42 Å². The standard InChI is InChI=1S/C15H22N2/c16-14-9-13(8-12-4-2-1-3-5-12)10-17(11-14)15-6-7-15/h1-5,13-15H,6-11,16H2. The van der Waals surface area contributed by atoms with Gasteiger partial charge in [-0.3, -0.25) is 4.90 Å². The van der Waals surface area contributed by atoms with E-state index >= 15 is 0 Å². The van der Waals surface area contributed by atoms with Crippen LogP contribution in [0.15, 0.2) is 30.3 Å². The van der Waals surface area contributed by atoms with Crippen molar-refractivity contribution in [2.24, 2.45) is 11.7 Å². The van der Waals surface area contributed by atoms with Gasteiger partial charge in [0.05, 0.1) is 0 Å². The first kappa shape index (κ1) is 11.2. The SMILES string of the molecule is NC1CC(Cc2ccccc2)CN(C2CC2)C1. The van der Waals surface area contributed by atoms with Crippen molar-refractivity contribution in [3.8, 4) is 0 Å². The van der Waals surface area contributed by atoms with Crippen LogP contribution in [0.3, 0.4) is 0 Å². The molecule has 2 N–H and O–H groups in total. The van der Waals surface area contributed by atoms with Crippen LogP contribution in [0.4, 0.5) is 0 Å². The Morgan fingerprint density at radius 2 is 1.88 bits per heavy atom. The molecule has 1 saturated carbocycles. The highest BCUT2D eigenvalue weighted by Gasteiger charge is 2.34. The third kappa shape index (κ3) is 2.88. The first-order valence-corrected chi connectivity index (χ1v) is 6.85. The lowest BCUT2D eigenvalue weighted by Crippen LogP contribution is -2.48. The van der Waals surface area contributed by atoms with Crippen LogP contribution in [0.2, 0.25) is 0 Å². The van der Waals surface area contributed by atoms with E-state index in [1.54, 1.807) is 0 Å². The number of benzene rings is 1. The summed E-state index contributed by atoms with van der Waals surface area (Å²) < 4.78 is 0. The minimum Gasteiger partial charge on any atom is -0.327 e. The van der Waals surface area contributed by atoms with E-state index in [0.717, 1.165) is 18.5 Å². The summed E-state index contributed by atoms with van der Waals surface area (Å²) in [5, 5.41) is 0. The number of nitrogens with two attached hydrogens (primary N) is 1. The summed E-state index contributed by atoms with van der Waals surface area (Å²) in [7, 11) is 0. The van der Waals surface area contributed by atoms with Crippen molar-refractivity contribution >= 4 is 0 Å². The number of rotatable bonds is 3. The zero-order valence-corrected chi connectivity index (χ0v) is 10.4. The summed E-state index contributed by atoms with van der Waals surface area (Å²) in [6.45, 7) is 2.38. The molecule has 92 valence electrons. The van der Waals surface area contributed by atoms with Crippen molar-refractivity contribution in [3.63, 3.8) is 0 Å². The second-order valence-electron chi connectivity index (χ2n) is 5.74. The molecule has 2 aliphatic rings. The van der Waals surface area contributed by atoms with Gasteiger partial charge in [0.1, 0.15) is 0 Å². The second-order valence-corrected chi connectivity index (χ2v) is 5.74. The summed E-state index contributed by atoms with van der Waals surface area (Å²) in [6, 6.07) is 12.1. The second kappa shape index (κ2) is 4.79. The molecule has 1 aromatic carbocycles. The van der Waals surface area contributed by atoms with E-state index in [2.05, 4.69) is 35.2 Å². The van der Waals surface area contributed by atoms with Gasteiger partial charge in [-0.15, -0.1) is 0 Å². The van der Waals surface area contributed by atoms with Gasteiger partial charge < -0.3 is 5.73 Å². The highest BCUT2D eigenvalue weighted by Crippen LogP contribution is 2.31. The molecule has 2 atom stereocenters. The van der Waals surface area contributed by atoms with Crippen LogP contribution < -0.4 is 5.73 Å². The molecule has 0 bridgehead atoms. The quantitative estimate of drug-likeness (QED) is 0.861. The topological polar surface area (TPSA) is 29.3 Å². The van der Waals surface area contributed by atoms with Gasteiger partial charge in [-0.05, 0) is 37.2 Å². The fraction of sp³-hybridized carbons (Fsp3) is 0.600. The zero-order chi connectivity index (χ0) is 11.7. The maximum Gasteiger partial charge on any atom is 0.0171 e. The molecule has 3 rings (SSSR count). The lowest BCUT2D eigenvalue weighted by molar-refractivity contribution is 0.148. The summed E-state index contributed by atoms with van der Waals surface area (Å²) in [6.07, 6.45) is 5.17. The number of nitrogens with zero attached hydrogens (tertiary/aromatic N) is 1. The predicted octanol–water partition coefficient (Wildman–Crippen LogP) is 2.04. The molecule has 17 heavy (non-hydrogen) atoms. The van der Waals surface area contributed by atoms with E-state index in [0.29, 0.717) is 6.04 Å². The van der Waals surface area contributed by atoms with E-state index in [-0.39, 0.29) is 0 Å². The van der Waals surface area contributed by atoms with Gasteiger partial charge in [-0.2, -0.15) is 0 Å². The summed E-state index contributed by atoms with van der Waals surface area (Å²) in [5.74, 6) is 0.752. The van der Waals surface area contributed by atoms with Crippen LogP contribution in [-0.4, -0.2) is 30.1 Å². The van der Waals surface area contributed by atoms with Crippen LogP contribution in [0.5, 0.6) is 0 Å². The minimum atomic E-state index is 0.387. The minimum absolute atomic E-state index is 0.387. The van der Waals surface area contributed by atoms with Crippen molar-refractivity contribution in [2.45, 2.75) is 37.8 Å². The van der Waals surface area contributed by atoms with E-state index < -0.39 is 0 Å². The Morgan fingerprint density at radius 3 is 2.59 bits per heavy atom. The monoisotopic (exact) mass is 230 g/mol. The Morgan fingerprint density at radius 1 is 1.12 bits per heavy atom. The molecule has 2 heteroatoms. The van der Waals surface area contributed by atoms with Crippen LogP contribution >= 0.6 is 0 Å². The smallest absolute Gasteiger partial charge is 0.0171 e. The van der Waals surface area contributed by atoms with Crippen molar-refractivity contribution in [2.75, 3.05) is 13.1 Å². The largest absolute Gasteiger partial charge is 0.327 e. The highest BCUT2D eigenvalue weighted by atomic mass is 15.2. The normalized spacial score (nSPS) is 30.4. The van der Waals surface area contributed by atoms with Crippen molar-refractivity contribution < 1.29 is 0 Å². The molecule has 1 aliphatic carbocycles. The molecule has 0 spiro atoms. The van der Waals surface area contributed by atoms with Gasteiger partial charge in [-0.25, -0.2) is 0 Å². The van der Waals surface area contributed by atoms with Crippen LogP contribution in [0.25, 0.3) is 0 Å². The molecule has 1 heterocycles. The van der Waals surface area contributed by atoms with Gasteiger partial charge in [0, 0.05) is 25.2 Å². The first-order chi connectivity index (χ1) is 8.31. The van der Waals surface area contributed by atoms with E-state index in [4.69, 9.17) is 5.73 Å². The number of hydrogen-bond donors (Lipinski definition) is 1. The predicted molar refractivity (Wildman–Crippen MR) is 70.8 cm³/mol. The molecule has 1 aromatic rings.